The number of carboxylic acids is 1. The topological polar surface area (TPSA) is 75.2 Å². The summed E-state index contributed by atoms with van der Waals surface area (Å²) in [5, 5.41) is 9.02. The van der Waals surface area contributed by atoms with Crippen LogP contribution >= 0.6 is 0 Å². The Balaban J connectivity index is 1.50. The van der Waals surface area contributed by atoms with Crippen molar-refractivity contribution in [2.75, 3.05) is 0 Å². The summed E-state index contributed by atoms with van der Waals surface area (Å²) in [4.78, 5) is 18.8. The quantitative estimate of drug-likeness (QED) is 0.471. The molecule has 144 valence electrons. The molecule has 0 atom stereocenters. The second-order valence-electron chi connectivity index (χ2n) is 6.77. The van der Waals surface area contributed by atoms with E-state index in [2.05, 4.69) is 9.97 Å². The molecule has 29 heavy (non-hydrogen) atoms. The van der Waals surface area contributed by atoms with Gasteiger partial charge in [-0.1, -0.05) is 42.5 Å². The molecule has 4 aromatic rings. The molecule has 0 radical (unpaired) electrons. The molecule has 4 rings (SSSR count). The first-order chi connectivity index (χ1) is 14.1. The Morgan fingerprint density at radius 3 is 2.41 bits per heavy atom. The number of carbonyl (C=O) groups is 1. The third-order valence-electron chi connectivity index (χ3n) is 4.69. The van der Waals surface area contributed by atoms with Gasteiger partial charge in [0.05, 0.1) is 11.3 Å². The average molecular weight is 384 g/mol. The van der Waals surface area contributed by atoms with Gasteiger partial charge in [-0.05, 0) is 48.4 Å². The van der Waals surface area contributed by atoms with E-state index in [0.717, 1.165) is 33.7 Å². The molecule has 0 aliphatic heterocycles. The number of nitrogens with one attached hydrogen (secondary N) is 1. The number of benzene rings is 3. The standard InChI is InChI=1S/C24H20N2O3/c1-16-13-20(11-12-22(16)29-15-17-5-3-2-4-6-17)21-14-25-23(26-21)18-7-9-19(10-8-18)24(27)28/h2-14H,15H2,1H3,(H,25,26)(H,27,28). The molecule has 0 saturated carbocycles. The molecule has 1 heterocycles. The third kappa shape index (κ3) is 4.19. The summed E-state index contributed by atoms with van der Waals surface area (Å²) >= 11 is 0. The number of H-pyrrole nitrogens is 1. The van der Waals surface area contributed by atoms with E-state index in [4.69, 9.17) is 9.84 Å². The van der Waals surface area contributed by atoms with Gasteiger partial charge < -0.3 is 14.8 Å². The minimum Gasteiger partial charge on any atom is -0.489 e. The first-order valence-electron chi connectivity index (χ1n) is 9.27. The van der Waals surface area contributed by atoms with Crippen LogP contribution in [0.4, 0.5) is 0 Å². The van der Waals surface area contributed by atoms with Crippen LogP contribution in [0.1, 0.15) is 21.5 Å². The zero-order valence-electron chi connectivity index (χ0n) is 15.9. The summed E-state index contributed by atoms with van der Waals surface area (Å²) in [6.07, 6.45) is 1.85. The first kappa shape index (κ1) is 18.5. The number of carboxylic acid groups (broad SMARTS) is 1. The lowest BCUT2D eigenvalue weighted by Crippen LogP contribution is -1.97. The molecule has 1 aromatic heterocycles. The fourth-order valence-corrected chi connectivity index (χ4v) is 3.09. The van der Waals surface area contributed by atoms with Gasteiger partial charge in [-0.25, -0.2) is 9.78 Å². The smallest absolute Gasteiger partial charge is 0.335 e. The van der Waals surface area contributed by atoms with Crippen LogP contribution in [0.3, 0.4) is 0 Å². The van der Waals surface area contributed by atoms with Crippen molar-refractivity contribution >= 4 is 5.97 Å². The minimum atomic E-state index is -0.943. The van der Waals surface area contributed by atoms with Gasteiger partial charge >= 0.3 is 5.97 Å². The van der Waals surface area contributed by atoms with Crippen LogP contribution < -0.4 is 4.74 Å². The Labute approximate surface area is 168 Å². The van der Waals surface area contributed by atoms with Gasteiger partial charge in [0, 0.05) is 17.3 Å². The summed E-state index contributed by atoms with van der Waals surface area (Å²) in [6.45, 7) is 2.54. The molecule has 5 heteroatoms. The second-order valence-corrected chi connectivity index (χ2v) is 6.77. The number of nitrogens with zero attached hydrogens (tertiary/aromatic N) is 1. The summed E-state index contributed by atoms with van der Waals surface area (Å²) in [6, 6.07) is 22.7. The first-order valence-corrected chi connectivity index (χ1v) is 9.27. The molecule has 5 nitrogen and oxygen atoms in total. The molecular weight excluding hydrogens is 364 g/mol. The number of ether oxygens (including phenoxy) is 1. The summed E-state index contributed by atoms with van der Waals surface area (Å²) < 4.78 is 5.94. The minimum absolute atomic E-state index is 0.252. The van der Waals surface area contributed by atoms with Gasteiger partial charge in [-0.2, -0.15) is 0 Å². The van der Waals surface area contributed by atoms with E-state index in [0.29, 0.717) is 12.4 Å². The van der Waals surface area contributed by atoms with Gasteiger partial charge in [-0.3, -0.25) is 0 Å². The molecule has 0 aliphatic carbocycles. The largest absolute Gasteiger partial charge is 0.489 e. The van der Waals surface area contributed by atoms with E-state index in [1.807, 2.05) is 61.7 Å². The molecular formula is C24H20N2O3. The van der Waals surface area contributed by atoms with Gasteiger partial charge in [0.2, 0.25) is 0 Å². The number of aromatic nitrogens is 2. The van der Waals surface area contributed by atoms with E-state index in [1.165, 1.54) is 0 Å². The summed E-state index contributed by atoms with van der Waals surface area (Å²) in [7, 11) is 0. The van der Waals surface area contributed by atoms with Crippen molar-refractivity contribution in [1.29, 1.82) is 0 Å². The zero-order valence-corrected chi connectivity index (χ0v) is 15.9. The normalized spacial score (nSPS) is 10.7. The van der Waals surface area contributed by atoms with E-state index in [1.54, 1.807) is 24.3 Å². The lowest BCUT2D eigenvalue weighted by atomic mass is 10.1. The van der Waals surface area contributed by atoms with E-state index >= 15 is 0 Å². The zero-order chi connectivity index (χ0) is 20.2. The predicted molar refractivity (Wildman–Crippen MR) is 112 cm³/mol. The Morgan fingerprint density at radius 2 is 1.72 bits per heavy atom. The molecule has 0 spiro atoms. The highest BCUT2D eigenvalue weighted by atomic mass is 16.5. The van der Waals surface area contributed by atoms with Gasteiger partial charge in [-0.15, -0.1) is 0 Å². The van der Waals surface area contributed by atoms with Crippen molar-refractivity contribution < 1.29 is 14.6 Å². The van der Waals surface area contributed by atoms with Crippen molar-refractivity contribution in [1.82, 2.24) is 9.97 Å². The number of hydrogen-bond acceptors (Lipinski definition) is 3. The third-order valence-corrected chi connectivity index (χ3v) is 4.69. The Morgan fingerprint density at radius 1 is 1.00 bits per heavy atom. The van der Waals surface area contributed by atoms with Crippen LogP contribution in [0, 0.1) is 6.92 Å². The number of aromatic amines is 1. The van der Waals surface area contributed by atoms with E-state index < -0.39 is 5.97 Å². The Kier molecular flexibility index (Phi) is 5.12. The highest BCUT2D eigenvalue weighted by Crippen LogP contribution is 2.27. The maximum absolute atomic E-state index is 11.0. The SMILES string of the molecule is Cc1cc(-c2c[nH]c(-c3ccc(C(=O)O)cc3)n2)ccc1OCc1ccccc1. The van der Waals surface area contributed by atoms with Crippen molar-refractivity contribution in [3.8, 4) is 28.4 Å². The van der Waals surface area contributed by atoms with Gasteiger partial charge in [0.1, 0.15) is 18.2 Å². The Hall–Kier alpha value is -3.86. The van der Waals surface area contributed by atoms with Gasteiger partial charge in [0.25, 0.3) is 0 Å². The van der Waals surface area contributed by atoms with Crippen molar-refractivity contribution in [3.05, 3.63) is 95.7 Å². The van der Waals surface area contributed by atoms with Crippen LogP contribution in [0.2, 0.25) is 0 Å². The molecule has 0 aliphatic rings. The molecule has 0 saturated heterocycles. The number of imidazole rings is 1. The maximum Gasteiger partial charge on any atom is 0.335 e. The van der Waals surface area contributed by atoms with Gasteiger partial charge in [0.15, 0.2) is 0 Å². The van der Waals surface area contributed by atoms with Crippen molar-refractivity contribution in [2.24, 2.45) is 0 Å². The monoisotopic (exact) mass is 384 g/mol. The lowest BCUT2D eigenvalue weighted by molar-refractivity contribution is 0.0697. The highest BCUT2D eigenvalue weighted by Gasteiger charge is 2.10. The molecule has 0 bridgehead atoms. The van der Waals surface area contributed by atoms with Crippen molar-refractivity contribution in [3.63, 3.8) is 0 Å². The van der Waals surface area contributed by atoms with Crippen LogP contribution in [0.15, 0.2) is 79.0 Å². The Bertz CT molecular complexity index is 1130. The lowest BCUT2D eigenvalue weighted by Gasteiger charge is -2.10. The molecule has 3 aromatic carbocycles. The van der Waals surface area contributed by atoms with Crippen molar-refractivity contribution in [2.45, 2.75) is 13.5 Å². The van der Waals surface area contributed by atoms with Crippen LogP contribution in [-0.2, 0) is 6.61 Å². The van der Waals surface area contributed by atoms with Crippen LogP contribution in [-0.4, -0.2) is 21.0 Å². The molecule has 0 amide bonds. The summed E-state index contributed by atoms with van der Waals surface area (Å²) in [5.74, 6) is 0.596. The van der Waals surface area contributed by atoms with E-state index in [9.17, 15) is 4.79 Å². The maximum atomic E-state index is 11.0. The number of rotatable bonds is 6. The average Bonchev–Trinajstić information content (AvgIpc) is 3.24. The number of hydrogen-bond donors (Lipinski definition) is 2. The fourth-order valence-electron chi connectivity index (χ4n) is 3.09. The molecule has 0 fully saturated rings. The van der Waals surface area contributed by atoms with Crippen LogP contribution in [0.5, 0.6) is 5.75 Å². The highest BCUT2D eigenvalue weighted by molar-refractivity contribution is 5.88. The predicted octanol–water partition coefficient (Wildman–Crippen LogP) is 5.33. The van der Waals surface area contributed by atoms with E-state index in [-0.39, 0.29) is 5.56 Å². The number of aromatic carboxylic acids is 1. The van der Waals surface area contributed by atoms with Crippen LogP contribution in [0.25, 0.3) is 22.6 Å². The number of aryl methyl sites for hydroxylation is 1. The molecule has 0 unspecified atom stereocenters. The second kappa shape index (κ2) is 8.02. The summed E-state index contributed by atoms with van der Waals surface area (Å²) in [5.41, 5.74) is 5.05. The molecule has 2 N–H and O–H groups in total. The fraction of sp³-hybridized carbons (Fsp3) is 0.0833.